The van der Waals surface area contributed by atoms with E-state index in [9.17, 15) is 9.59 Å². The second-order valence-corrected chi connectivity index (χ2v) is 12.1. The topological polar surface area (TPSA) is 69.9 Å². The van der Waals surface area contributed by atoms with Gasteiger partial charge in [-0.15, -0.1) is 0 Å². The van der Waals surface area contributed by atoms with Crippen LogP contribution in [0.5, 0.6) is 5.75 Å². The second-order valence-electron chi connectivity index (χ2n) is 8.30. The normalized spacial score (nSPS) is 15.7. The first-order valence-corrected chi connectivity index (χ1v) is 14.6. The van der Waals surface area contributed by atoms with Gasteiger partial charge < -0.3 is 9.47 Å². The molecule has 0 spiro atoms. The summed E-state index contributed by atoms with van der Waals surface area (Å²) in [7, 11) is 0. The number of ether oxygens (including phenoxy) is 2. The first-order valence-electron chi connectivity index (χ1n) is 11.2. The SMILES string of the molecule is CCOC(=O)C1=C(C)N=c2s/c(=C\c3cc(I)cc(I)c3OC(C)C)c(=O)n2[C@H]1c1ccccc1Cl. The van der Waals surface area contributed by atoms with Crippen LogP contribution in [0, 0.1) is 7.14 Å². The predicted octanol–water partition coefficient (Wildman–Crippen LogP) is 5.45. The third kappa shape index (κ3) is 5.44. The number of carbonyl (C=O) groups excluding carboxylic acids is 1. The van der Waals surface area contributed by atoms with Gasteiger partial charge in [-0.05, 0) is 103 Å². The molecule has 1 aromatic heterocycles. The number of esters is 1. The molecule has 1 aliphatic rings. The molecule has 6 nitrogen and oxygen atoms in total. The second kappa shape index (κ2) is 11.4. The van der Waals surface area contributed by atoms with Gasteiger partial charge in [0.25, 0.3) is 5.56 Å². The van der Waals surface area contributed by atoms with E-state index in [1.807, 2.05) is 50.3 Å². The van der Waals surface area contributed by atoms with Gasteiger partial charge in [0, 0.05) is 14.2 Å². The minimum absolute atomic E-state index is 0.0260. The molecule has 2 aromatic carbocycles. The summed E-state index contributed by atoms with van der Waals surface area (Å²) in [6, 6.07) is 10.5. The minimum Gasteiger partial charge on any atom is -0.489 e. The summed E-state index contributed by atoms with van der Waals surface area (Å²) in [5, 5.41) is 0.452. The lowest BCUT2D eigenvalue weighted by Gasteiger charge is -2.25. The van der Waals surface area contributed by atoms with Crippen molar-refractivity contribution in [2.45, 2.75) is 39.8 Å². The molecule has 0 fully saturated rings. The number of fused-ring (bicyclic) bond motifs is 1. The maximum absolute atomic E-state index is 13.9. The molecule has 188 valence electrons. The fourth-order valence-corrected chi connectivity index (χ4v) is 7.26. The molecule has 0 saturated carbocycles. The average molecular weight is 749 g/mol. The number of halogens is 3. The van der Waals surface area contributed by atoms with E-state index in [-0.39, 0.29) is 18.3 Å². The van der Waals surface area contributed by atoms with E-state index in [0.29, 0.717) is 31.2 Å². The number of aromatic nitrogens is 1. The zero-order chi connectivity index (χ0) is 26.1. The summed E-state index contributed by atoms with van der Waals surface area (Å²) in [5.41, 5.74) is 1.98. The lowest BCUT2D eigenvalue weighted by Crippen LogP contribution is -2.40. The molecule has 0 unspecified atom stereocenters. The Kier molecular flexibility index (Phi) is 8.63. The molecular weight excluding hydrogens is 726 g/mol. The molecule has 3 aromatic rings. The van der Waals surface area contributed by atoms with Crippen LogP contribution in [0.4, 0.5) is 0 Å². The van der Waals surface area contributed by atoms with Crippen LogP contribution < -0.4 is 19.6 Å². The maximum atomic E-state index is 13.9. The van der Waals surface area contributed by atoms with Crippen molar-refractivity contribution in [3.8, 4) is 5.75 Å². The molecule has 10 heteroatoms. The molecule has 0 aliphatic carbocycles. The highest BCUT2D eigenvalue weighted by atomic mass is 127. The molecule has 1 aliphatic heterocycles. The smallest absolute Gasteiger partial charge is 0.338 e. The fraction of sp³-hybridized carbons (Fsp3) is 0.269. The first kappa shape index (κ1) is 27.3. The van der Waals surface area contributed by atoms with Crippen molar-refractivity contribution in [1.82, 2.24) is 4.57 Å². The van der Waals surface area contributed by atoms with Crippen molar-refractivity contribution in [1.29, 1.82) is 0 Å². The van der Waals surface area contributed by atoms with Crippen molar-refractivity contribution >= 4 is 80.2 Å². The maximum Gasteiger partial charge on any atom is 0.338 e. The van der Waals surface area contributed by atoms with E-state index in [1.165, 1.54) is 11.3 Å². The van der Waals surface area contributed by atoms with Crippen molar-refractivity contribution in [3.05, 3.63) is 90.6 Å². The number of thiazole rings is 1. The zero-order valence-corrected chi connectivity index (χ0v) is 25.9. The number of allylic oxidation sites excluding steroid dienone is 1. The molecule has 0 amide bonds. The summed E-state index contributed by atoms with van der Waals surface area (Å²) in [6.07, 6.45) is 1.81. The lowest BCUT2D eigenvalue weighted by molar-refractivity contribution is -0.139. The van der Waals surface area contributed by atoms with Crippen molar-refractivity contribution < 1.29 is 14.3 Å². The number of nitrogens with zero attached hydrogens (tertiary/aromatic N) is 2. The summed E-state index contributed by atoms with van der Waals surface area (Å²) >= 11 is 12.3. The van der Waals surface area contributed by atoms with Gasteiger partial charge in [0.05, 0.1) is 32.1 Å². The molecular formula is C26H23ClI2N2O4S. The monoisotopic (exact) mass is 748 g/mol. The Bertz CT molecular complexity index is 1560. The minimum atomic E-state index is -0.751. The third-order valence-corrected chi connectivity index (χ3v) is 8.15. The van der Waals surface area contributed by atoms with Gasteiger partial charge in [0.1, 0.15) is 11.8 Å². The van der Waals surface area contributed by atoms with E-state index in [1.54, 1.807) is 24.5 Å². The Morgan fingerprint density at radius 1 is 1.28 bits per heavy atom. The lowest BCUT2D eigenvalue weighted by atomic mass is 9.96. The van der Waals surface area contributed by atoms with Crippen LogP contribution in [0.15, 0.2) is 57.5 Å². The molecule has 0 N–H and O–H groups in total. The van der Waals surface area contributed by atoms with Crippen molar-refractivity contribution in [2.75, 3.05) is 6.61 Å². The highest BCUT2D eigenvalue weighted by molar-refractivity contribution is 14.1. The average Bonchev–Trinajstić information content (AvgIpc) is 3.10. The van der Waals surface area contributed by atoms with Crippen molar-refractivity contribution in [2.24, 2.45) is 4.99 Å². The fourth-order valence-electron chi connectivity index (χ4n) is 3.97. The van der Waals surface area contributed by atoms with Gasteiger partial charge in [-0.25, -0.2) is 9.79 Å². The molecule has 0 radical (unpaired) electrons. The quantitative estimate of drug-likeness (QED) is 0.249. The van der Waals surface area contributed by atoms with E-state index < -0.39 is 12.0 Å². The standard InChI is InChI=1S/C26H23ClI2N2O4S/c1-5-34-25(33)21-14(4)30-26-31(22(21)17-8-6-7-9-18(17)27)24(32)20(36-26)11-15-10-16(28)12-19(29)23(15)35-13(2)3/h6-13,22H,5H2,1-4H3/b20-11-/t22-/m0/s1. The molecule has 1 atom stereocenters. The Morgan fingerprint density at radius 2 is 2.00 bits per heavy atom. The molecule has 2 heterocycles. The van der Waals surface area contributed by atoms with E-state index in [4.69, 9.17) is 21.1 Å². The summed E-state index contributed by atoms with van der Waals surface area (Å²) in [4.78, 5) is 32.0. The van der Waals surface area contributed by atoms with E-state index in [2.05, 4.69) is 50.2 Å². The Labute approximate surface area is 245 Å². The summed E-state index contributed by atoms with van der Waals surface area (Å²) < 4.78 is 15.4. The van der Waals surface area contributed by atoms with Crippen LogP contribution >= 0.6 is 68.1 Å². The number of carbonyl (C=O) groups is 1. The van der Waals surface area contributed by atoms with Crippen molar-refractivity contribution in [3.63, 3.8) is 0 Å². The van der Waals surface area contributed by atoms with Gasteiger partial charge in [-0.1, -0.05) is 41.1 Å². The van der Waals surface area contributed by atoms with Crippen LogP contribution in [0.3, 0.4) is 0 Å². The Morgan fingerprint density at radius 3 is 2.67 bits per heavy atom. The van der Waals surface area contributed by atoms with Gasteiger partial charge in [0.15, 0.2) is 4.80 Å². The van der Waals surface area contributed by atoms with Gasteiger partial charge in [-0.3, -0.25) is 9.36 Å². The third-order valence-electron chi connectivity index (χ3n) is 5.39. The van der Waals surface area contributed by atoms with Gasteiger partial charge in [0.2, 0.25) is 0 Å². The van der Waals surface area contributed by atoms with Gasteiger partial charge in [-0.2, -0.15) is 0 Å². The predicted molar refractivity (Wildman–Crippen MR) is 159 cm³/mol. The highest BCUT2D eigenvalue weighted by Crippen LogP contribution is 2.34. The van der Waals surface area contributed by atoms with Crippen LogP contribution in [-0.4, -0.2) is 23.2 Å². The van der Waals surface area contributed by atoms with Crippen LogP contribution in [0.25, 0.3) is 6.08 Å². The molecule has 0 saturated heterocycles. The van der Waals surface area contributed by atoms with E-state index in [0.717, 1.165) is 18.5 Å². The first-order chi connectivity index (χ1) is 17.1. The Hall–Kier alpha value is -1.70. The number of hydrogen-bond acceptors (Lipinski definition) is 6. The number of benzene rings is 2. The largest absolute Gasteiger partial charge is 0.489 e. The van der Waals surface area contributed by atoms with Crippen LogP contribution in [-0.2, 0) is 9.53 Å². The highest BCUT2D eigenvalue weighted by Gasteiger charge is 2.34. The Balaban J connectivity index is 1.99. The van der Waals surface area contributed by atoms with E-state index >= 15 is 0 Å². The zero-order valence-electron chi connectivity index (χ0n) is 20.0. The molecule has 36 heavy (non-hydrogen) atoms. The van der Waals surface area contributed by atoms with Crippen LogP contribution in [0.2, 0.25) is 5.02 Å². The van der Waals surface area contributed by atoms with Gasteiger partial charge >= 0.3 is 5.97 Å². The molecule has 4 rings (SSSR count). The number of rotatable bonds is 6. The van der Waals surface area contributed by atoms with Crippen LogP contribution in [0.1, 0.15) is 44.9 Å². The summed E-state index contributed by atoms with van der Waals surface area (Å²) in [5.74, 6) is 0.209. The number of hydrogen-bond donors (Lipinski definition) is 0. The summed E-state index contributed by atoms with van der Waals surface area (Å²) in [6.45, 7) is 7.64. The molecule has 0 bridgehead atoms.